The monoisotopic (exact) mass is 716 g/mol. The van der Waals surface area contributed by atoms with Gasteiger partial charge in [0.15, 0.2) is 24.8 Å². The summed E-state index contributed by atoms with van der Waals surface area (Å²) in [4.78, 5) is 15.8. The summed E-state index contributed by atoms with van der Waals surface area (Å²) >= 11 is 0. The minimum atomic E-state index is -7.43. The molecular formula is C31H29F9O5S2. The molecule has 0 aliphatic rings. The molecule has 5 nitrogen and oxygen atoms in total. The molecule has 0 fully saturated rings. The second kappa shape index (κ2) is 14.7. The Bertz CT molecular complexity index is 1570. The van der Waals surface area contributed by atoms with Crippen LogP contribution in [0, 0.1) is 0 Å². The number of ether oxygens (including phenoxy) is 1. The van der Waals surface area contributed by atoms with Crippen molar-refractivity contribution in [2.75, 3.05) is 0 Å². The van der Waals surface area contributed by atoms with Gasteiger partial charge in [-0.1, -0.05) is 55.1 Å². The highest BCUT2D eigenvalue weighted by Gasteiger charge is 2.83. The first kappa shape index (κ1) is 39.7. The molecule has 0 heterocycles. The third kappa shape index (κ3) is 9.54. The molecule has 258 valence electrons. The van der Waals surface area contributed by atoms with E-state index in [2.05, 4.69) is 91.5 Å². The topological polar surface area (TPSA) is 83.5 Å². The van der Waals surface area contributed by atoms with Gasteiger partial charge in [0, 0.05) is 5.57 Å². The van der Waals surface area contributed by atoms with E-state index in [-0.39, 0.29) is 16.9 Å². The molecule has 47 heavy (non-hydrogen) atoms. The van der Waals surface area contributed by atoms with E-state index < -0.39 is 39.0 Å². The third-order valence-corrected chi connectivity index (χ3v) is 9.39. The summed E-state index contributed by atoms with van der Waals surface area (Å²) in [6.45, 7) is 9.23. The Labute approximate surface area is 268 Å². The van der Waals surface area contributed by atoms with Gasteiger partial charge in [-0.3, -0.25) is 0 Å². The Morgan fingerprint density at radius 1 is 0.745 bits per heavy atom. The molecule has 0 spiro atoms. The van der Waals surface area contributed by atoms with Crippen LogP contribution in [0.25, 0.3) is 0 Å². The van der Waals surface area contributed by atoms with Gasteiger partial charge >= 0.3 is 29.2 Å². The van der Waals surface area contributed by atoms with Crippen LogP contribution >= 0.6 is 0 Å². The maximum absolute atomic E-state index is 12.2. The van der Waals surface area contributed by atoms with E-state index in [1.807, 2.05) is 13.8 Å². The second-order valence-electron chi connectivity index (χ2n) is 10.6. The summed E-state index contributed by atoms with van der Waals surface area (Å²) in [5, 5.41) is -7.11. The van der Waals surface area contributed by atoms with E-state index in [9.17, 15) is 57.3 Å². The van der Waals surface area contributed by atoms with Crippen molar-refractivity contribution in [3.63, 3.8) is 0 Å². The van der Waals surface area contributed by atoms with Crippen LogP contribution in [-0.2, 0) is 37.0 Å². The molecule has 3 rings (SSSR count). The predicted molar refractivity (Wildman–Crippen MR) is 155 cm³/mol. The first-order chi connectivity index (χ1) is 21.4. The van der Waals surface area contributed by atoms with Crippen LogP contribution in [0.15, 0.2) is 112 Å². The van der Waals surface area contributed by atoms with Gasteiger partial charge in [0.05, 0.1) is 10.9 Å². The Hall–Kier alpha value is -3.50. The molecule has 0 unspecified atom stereocenters. The number of benzene rings is 3. The van der Waals surface area contributed by atoms with Gasteiger partial charge in [-0.2, -0.15) is 39.5 Å². The molecular weight excluding hydrogens is 687 g/mol. The third-order valence-electron chi connectivity index (χ3n) is 6.28. The van der Waals surface area contributed by atoms with Crippen molar-refractivity contribution < 1.29 is 62.0 Å². The summed E-state index contributed by atoms with van der Waals surface area (Å²) in [5.41, 5.74) is 1.15. The van der Waals surface area contributed by atoms with Gasteiger partial charge in [-0.05, 0) is 75.6 Å². The molecule has 0 atom stereocenters. The van der Waals surface area contributed by atoms with Crippen molar-refractivity contribution in [1.29, 1.82) is 0 Å². The van der Waals surface area contributed by atoms with Crippen molar-refractivity contribution in [2.45, 2.75) is 77.2 Å². The Balaban J connectivity index is 0.000000387. The number of rotatable bonds is 11. The maximum Gasteiger partial charge on any atom is 0.460 e. The smallest absolute Gasteiger partial charge is 0.460 e. The molecule has 0 N–H and O–H groups in total. The van der Waals surface area contributed by atoms with Crippen molar-refractivity contribution in [2.24, 2.45) is 0 Å². The summed E-state index contributed by atoms with van der Waals surface area (Å²) in [6, 6.07) is 30.1. The number of carbonyl (C=O) groups excluding carboxylic acids is 1. The fourth-order valence-corrected chi connectivity index (χ4v) is 6.19. The van der Waals surface area contributed by atoms with Crippen molar-refractivity contribution >= 4 is 27.0 Å². The lowest BCUT2D eigenvalue weighted by Crippen LogP contribution is -2.63. The lowest BCUT2D eigenvalue weighted by atomic mass is 9.98. The van der Waals surface area contributed by atoms with Gasteiger partial charge in [-0.15, -0.1) is 0 Å². The molecule has 16 heteroatoms. The van der Waals surface area contributed by atoms with Crippen molar-refractivity contribution in [3.8, 4) is 0 Å². The summed E-state index contributed by atoms with van der Waals surface area (Å²) in [6.07, 6.45) is -5.56. The highest BCUT2D eigenvalue weighted by atomic mass is 32.2. The molecule has 0 saturated carbocycles. The van der Waals surface area contributed by atoms with E-state index >= 15 is 0 Å². The lowest BCUT2D eigenvalue weighted by Gasteiger charge is -2.34. The van der Waals surface area contributed by atoms with E-state index in [1.54, 1.807) is 6.92 Å². The Morgan fingerprint density at radius 3 is 1.51 bits per heavy atom. The van der Waals surface area contributed by atoms with Crippen molar-refractivity contribution in [3.05, 3.63) is 103 Å². The van der Waals surface area contributed by atoms with Gasteiger partial charge < -0.3 is 9.29 Å². The minimum absolute atomic E-state index is 0.136. The molecule has 0 amide bonds. The fraction of sp³-hybridized carbons (Fsp3) is 0.323. The van der Waals surface area contributed by atoms with Crippen LogP contribution < -0.4 is 0 Å². The molecule has 0 aliphatic heterocycles. The first-order valence-electron chi connectivity index (χ1n) is 13.3. The van der Waals surface area contributed by atoms with Crippen LogP contribution in [0.4, 0.5) is 39.5 Å². The second-order valence-corrected chi connectivity index (χ2v) is 14.1. The Kier molecular flexibility index (Phi) is 12.4. The highest BCUT2D eigenvalue weighted by molar-refractivity contribution is 7.97. The number of carbonyl (C=O) groups is 1. The standard InChI is InChI=1S/C27H29O2S.C4HF9O3S/c1-21(2)26(28)29-27(3,4)20-19-22-15-17-25(18-16-22)30(23-11-7-5-8-12-23)24-13-9-6-10-14-24;5-1(6,3(9,10)11)2(7,8)4(12,13)17(14,15)16/h5-18H,1,19-20H2,2-4H3;(H,14,15,16)/q+1;/p-1. The lowest BCUT2D eigenvalue weighted by molar-refractivity contribution is -0.382. The summed E-state index contributed by atoms with van der Waals surface area (Å²) in [7, 11) is -7.55. The minimum Gasteiger partial charge on any atom is -0.743 e. The largest absolute Gasteiger partial charge is 0.743 e. The van der Waals surface area contributed by atoms with Crippen LogP contribution in [0.2, 0.25) is 0 Å². The predicted octanol–water partition coefficient (Wildman–Crippen LogP) is 8.57. The number of hydrogen-bond acceptors (Lipinski definition) is 5. The Morgan fingerprint density at radius 2 is 1.15 bits per heavy atom. The quantitative estimate of drug-likeness (QED) is 0.0653. The van der Waals surface area contributed by atoms with E-state index in [1.165, 1.54) is 20.2 Å². The normalized spacial score (nSPS) is 13.1. The van der Waals surface area contributed by atoms with E-state index in [0.717, 1.165) is 12.8 Å². The number of alkyl halides is 9. The average molecular weight is 717 g/mol. The van der Waals surface area contributed by atoms with Crippen LogP contribution in [0.3, 0.4) is 0 Å². The molecule has 0 saturated heterocycles. The first-order valence-corrected chi connectivity index (χ1v) is 16.0. The van der Waals surface area contributed by atoms with Crippen LogP contribution in [0.5, 0.6) is 0 Å². The van der Waals surface area contributed by atoms with Crippen molar-refractivity contribution in [1.82, 2.24) is 0 Å². The fourth-order valence-electron chi connectivity index (χ4n) is 3.67. The van der Waals surface area contributed by atoms with Gasteiger partial charge in [0.1, 0.15) is 5.60 Å². The number of aryl methyl sites for hydroxylation is 1. The summed E-state index contributed by atoms with van der Waals surface area (Å²) < 4.78 is 141. The van der Waals surface area contributed by atoms with Gasteiger partial charge in [-0.25, -0.2) is 13.2 Å². The average Bonchev–Trinajstić information content (AvgIpc) is 2.97. The zero-order valence-electron chi connectivity index (χ0n) is 25.0. The van der Waals surface area contributed by atoms with E-state index in [4.69, 9.17) is 4.74 Å². The van der Waals surface area contributed by atoms with Gasteiger partial charge in [0.2, 0.25) is 0 Å². The van der Waals surface area contributed by atoms with Crippen LogP contribution in [-0.4, -0.2) is 47.8 Å². The van der Waals surface area contributed by atoms with Gasteiger partial charge in [0.25, 0.3) is 0 Å². The molecule has 0 aromatic heterocycles. The molecule has 3 aromatic rings. The molecule has 0 bridgehead atoms. The molecule has 0 aliphatic carbocycles. The zero-order chi connectivity index (χ0) is 36.1. The molecule has 3 aromatic carbocycles. The maximum atomic E-state index is 12.2. The SMILES string of the molecule is C=C(C)C(=O)OC(C)(C)CCc1ccc([S+](c2ccccc2)c2ccccc2)cc1.O=S(=O)([O-])C(F)(F)C(F)(F)C(F)(F)C(F)(F)F. The summed E-state index contributed by atoms with van der Waals surface area (Å²) in [5.74, 6) is -15.1. The number of hydrogen-bond donors (Lipinski definition) is 0. The van der Waals surface area contributed by atoms with E-state index in [0.29, 0.717) is 5.57 Å². The number of halogens is 9. The molecule has 0 radical (unpaired) electrons. The number of esters is 1. The zero-order valence-corrected chi connectivity index (χ0v) is 26.6. The highest BCUT2D eigenvalue weighted by Crippen LogP contribution is 2.54. The van der Waals surface area contributed by atoms with Crippen LogP contribution in [0.1, 0.15) is 32.8 Å².